The Bertz CT molecular complexity index is 1340. The molecule has 5 nitrogen and oxygen atoms in total. The van der Waals surface area contributed by atoms with Crippen LogP contribution in [0.1, 0.15) is 23.1 Å². The lowest BCUT2D eigenvalue weighted by Gasteiger charge is -2.10. The molecule has 0 saturated carbocycles. The van der Waals surface area contributed by atoms with E-state index in [0.29, 0.717) is 17.7 Å². The van der Waals surface area contributed by atoms with Crippen molar-refractivity contribution in [2.45, 2.75) is 43.5 Å². The third kappa shape index (κ3) is 5.80. The minimum atomic E-state index is -0.0665. The Labute approximate surface area is 203 Å². The smallest absolute Gasteiger partial charge is 0.226 e. The first-order valence-corrected chi connectivity index (χ1v) is 12.0. The number of carbonyl (C=O) groups excluding carboxylic acids is 1. The molecule has 168 valence electrons. The highest BCUT2D eigenvalue weighted by molar-refractivity contribution is 7.99. The maximum absolute atomic E-state index is 12.6. The van der Waals surface area contributed by atoms with Crippen molar-refractivity contribution >= 4 is 35.6 Å². The summed E-state index contributed by atoms with van der Waals surface area (Å²) in [5, 5.41) is 10.2. The summed E-state index contributed by atoms with van der Waals surface area (Å²) in [5.74, 6) is 0.674. The van der Waals surface area contributed by atoms with Gasteiger partial charge in [0.05, 0.1) is 0 Å². The highest BCUT2D eigenvalue weighted by Crippen LogP contribution is 2.31. The van der Waals surface area contributed by atoms with E-state index in [1.165, 1.54) is 16.0 Å². The summed E-state index contributed by atoms with van der Waals surface area (Å²) < 4.78 is 2.38. The Morgan fingerprint density at radius 3 is 2.55 bits per heavy atom. The van der Waals surface area contributed by atoms with Gasteiger partial charge in [-0.1, -0.05) is 47.7 Å². The van der Waals surface area contributed by atoms with Gasteiger partial charge in [-0.3, -0.25) is 14.5 Å². The monoisotopic (exact) mass is 474 g/mol. The largest absolute Gasteiger partial charge is 0.326 e. The second-order valence-corrected chi connectivity index (χ2v) is 9.57. The molecular weight excluding hydrogens is 448 g/mol. The fraction of sp³-hybridized carbons (Fsp3) is 0.192. The molecule has 0 aliphatic carbocycles. The van der Waals surface area contributed by atoms with Crippen LogP contribution in [0.3, 0.4) is 0 Å². The minimum absolute atomic E-state index is 0.0665. The second kappa shape index (κ2) is 10.2. The van der Waals surface area contributed by atoms with Gasteiger partial charge < -0.3 is 5.32 Å². The van der Waals surface area contributed by atoms with E-state index < -0.39 is 0 Å². The average Bonchev–Trinajstić information content (AvgIpc) is 3.16. The fourth-order valence-electron chi connectivity index (χ4n) is 3.52. The summed E-state index contributed by atoms with van der Waals surface area (Å²) in [5.41, 5.74) is 5.39. The molecule has 0 unspecified atom stereocenters. The predicted molar refractivity (Wildman–Crippen MR) is 137 cm³/mol. The van der Waals surface area contributed by atoms with Gasteiger partial charge in [0.15, 0.2) is 10.6 Å². The van der Waals surface area contributed by atoms with Crippen molar-refractivity contribution in [1.82, 2.24) is 14.8 Å². The molecule has 0 bridgehead atoms. The Morgan fingerprint density at radius 2 is 1.79 bits per heavy atom. The van der Waals surface area contributed by atoms with E-state index in [1.807, 2.05) is 54.0 Å². The van der Waals surface area contributed by atoms with Gasteiger partial charge in [-0.05, 0) is 80.5 Å². The lowest BCUT2D eigenvalue weighted by molar-refractivity contribution is -0.116. The van der Waals surface area contributed by atoms with Crippen LogP contribution in [0.15, 0.2) is 76.5 Å². The summed E-state index contributed by atoms with van der Waals surface area (Å²) in [7, 11) is 0. The molecule has 1 amide bonds. The Kier molecular flexibility index (Phi) is 7.11. The molecule has 4 aromatic rings. The van der Waals surface area contributed by atoms with Crippen LogP contribution in [0, 0.1) is 25.5 Å². The van der Waals surface area contributed by atoms with Gasteiger partial charge in [-0.2, -0.15) is 5.10 Å². The standard InChI is InChI=1S/C26H26N4OS2/c1-17-5-4-6-20(15-17)25-28-29-26(32)30(25)14-13-24(31)27-21-9-11-22(12-10-21)33-23-16-18(2)7-8-19(23)3/h4-12,15-16H,13-14H2,1-3H3,(H,27,31)(H,29,32). The first-order valence-electron chi connectivity index (χ1n) is 10.8. The molecule has 0 atom stereocenters. The van der Waals surface area contributed by atoms with Crippen molar-refractivity contribution in [3.05, 3.63) is 88.2 Å². The molecule has 3 aromatic carbocycles. The molecule has 0 spiro atoms. The molecule has 0 aliphatic heterocycles. The van der Waals surface area contributed by atoms with Crippen LogP contribution >= 0.6 is 24.0 Å². The zero-order valence-electron chi connectivity index (χ0n) is 18.9. The number of hydrogen-bond donors (Lipinski definition) is 2. The summed E-state index contributed by atoms with van der Waals surface area (Å²) >= 11 is 7.11. The summed E-state index contributed by atoms with van der Waals surface area (Å²) in [6.45, 7) is 6.70. The van der Waals surface area contributed by atoms with Crippen molar-refractivity contribution in [2.75, 3.05) is 5.32 Å². The number of benzene rings is 3. The molecule has 0 aliphatic rings. The zero-order valence-corrected chi connectivity index (χ0v) is 20.5. The molecule has 7 heteroatoms. The lowest BCUT2D eigenvalue weighted by Crippen LogP contribution is -2.15. The quantitative estimate of drug-likeness (QED) is 0.292. The van der Waals surface area contributed by atoms with Crippen LogP contribution in [0.5, 0.6) is 0 Å². The highest BCUT2D eigenvalue weighted by atomic mass is 32.2. The number of carbonyl (C=O) groups is 1. The summed E-state index contributed by atoms with van der Waals surface area (Å²) in [6.07, 6.45) is 0.297. The number of nitrogens with one attached hydrogen (secondary N) is 2. The number of amides is 1. The Hall–Kier alpha value is -3.16. The first-order chi connectivity index (χ1) is 15.9. The van der Waals surface area contributed by atoms with E-state index in [2.05, 4.69) is 53.6 Å². The SMILES string of the molecule is Cc1cccc(-c2n[nH]c(=S)n2CCC(=O)Nc2ccc(Sc3cc(C)ccc3C)cc2)c1. The van der Waals surface area contributed by atoms with Gasteiger partial charge in [0.2, 0.25) is 5.91 Å². The summed E-state index contributed by atoms with van der Waals surface area (Å²) in [6, 6.07) is 22.5. The van der Waals surface area contributed by atoms with E-state index in [4.69, 9.17) is 12.2 Å². The van der Waals surface area contributed by atoms with Crippen LogP contribution in [0.2, 0.25) is 0 Å². The topological polar surface area (TPSA) is 62.7 Å². The van der Waals surface area contributed by atoms with Gasteiger partial charge in [0, 0.05) is 34.0 Å². The average molecular weight is 475 g/mol. The summed E-state index contributed by atoms with van der Waals surface area (Å²) in [4.78, 5) is 15.0. The van der Waals surface area contributed by atoms with Crippen molar-refractivity contribution in [3.63, 3.8) is 0 Å². The number of hydrogen-bond acceptors (Lipinski definition) is 4. The van der Waals surface area contributed by atoms with E-state index in [0.717, 1.165) is 27.5 Å². The van der Waals surface area contributed by atoms with Gasteiger partial charge >= 0.3 is 0 Å². The molecule has 0 fully saturated rings. The molecule has 2 N–H and O–H groups in total. The molecule has 0 saturated heterocycles. The second-order valence-electron chi connectivity index (χ2n) is 8.07. The highest BCUT2D eigenvalue weighted by Gasteiger charge is 2.11. The number of nitrogens with zero attached hydrogens (tertiary/aromatic N) is 2. The van der Waals surface area contributed by atoms with Crippen molar-refractivity contribution in [1.29, 1.82) is 0 Å². The Balaban J connectivity index is 1.38. The number of anilines is 1. The van der Waals surface area contributed by atoms with Gasteiger partial charge in [0.1, 0.15) is 0 Å². The van der Waals surface area contributed by atoms with Gasteiger partial charge in [-0.15, -0.1) is 0 Å². The predicted octanol–water partition coefficient (Wildman–Crippen LogP) is 6.71. The van der Waals surface area contributed by atoms with E-state index in [9.17, 15) is 4.79 Å². The van der Waals surface area contributed by atoms with Crippen molar-refractivity contribution in [2.24, 2.45) is 0 Å². The molecule has 4 rings (SSSR count). The van der Waals surface area contributed by atoms with E-state index >= 15 is 0 Å². The fourth-order valence-corrected chi connectivity index (χ4v) is 4.74. The maximum Gasteiger partial charge on any atom is 0.226 e. The van der Waals surface area contributed by atoms with Crippen LogP contribution in [0.25, 0.3) is 11.4 Å². The number of rotatable bonds is 7. The molecule has 1 aromatic heterocycles. The van der Waals surface area contributed by atoms with Crippen molar-refractivity contribution in [3.8, 4) is 11.4 Å². The van der Waals surface area contributed by atoms with Gasteiger partial charge in [-0.25, -0.2) is 0 Å². The minimum Gasteiger partial charge on any atom is -0.326 e. The lowest BCUT2D eigenvalue weighted by atomic mass is 10.1. The van der Waals surface area contributed by atoms with Gasteiger partial charge in [0.25, 0.3) is 0 Å². The third-order valence-corrected chi connectivity index (χ3v) is 6.79. The maximum atomic E-state index is 12.6. The Morgan fingerprint density at radius 1 is 1.03 bits per heavy atom. The number of aromatic amines is 1. The van der Waals surface area contributed by atoms with E-state index in [-0.39, 0.29) is 5.91 Å². The number of H-pyrrole nitrogens is 1. The normalized spacial score (nSPS) is 10.9. The third-order valence-electron chi connectivity index (χ3n) is 5.31. The zero-order chi connectivity index (χ0) is 23.4. The van der Waals surface area contributed by atoms with E-state index in [1.54, 1.807) is 11.8 Å². The van der Waals surface area contributed by atoms with Crippen LogP contribution < -0.4 is 5.32 Å². The number of aromatic nitrogens is 3. The van der Waals surface area contributed by atoms with Crippen LogP contribution in [0.4, 0.5) is 5.69 Å². The first kappa shape index (κ1) is 23.0. The number of aryl methyl sites for hydroxylation is 3. The molecular formula is C26H26N4OS2. The molecule has 0 radical (unpaired) electrons. The van der Waals surface area contributed by atoms with Crippen LogP contribution in [-0.2, 0) is 11.3 Å². The molecule has 33 heavy (non-hydrogen) atoms. The molecule has 1 heterocycles. The van der Waals surface area contributed by atoms with Crippen LogP contribution in [-0.4, -0.2) is 20.7 Å². The van der Waals surface area contributed by atoms with Crippen molar-refractivity contribution < 1.29 is 4.79 Å².